The van der Waals surface area contributed by atoms with Gasteiger partial charge in [0.25, 0.3) is 0 Å². The summed E-state index contributed by atoms with van der Waals surface area (Å²) >= 11 is 0. The second-order valence-electron chi connectivity index (χ2n) is 4.34. The number of carbonyl (C=O) groups excluding carboxylic acids is 1. The zero-order chi connectivity index (χ0) is 15.1. The van der Waals surface area contributed by atoms with E-state index in [-0.39, 0.29) is 12.8 Å². The van der Waals surface area contributed by atoms with Gasteiger partial charge < -0.3 is 14.2 Å². The van der Waals surface area contributed by atoms with Gasteiger partial charge in [-0.2, -0.15) is 0 Å². The van der Waals surface area contributed by atoms with E-state index < -0.39 is 0 Å². The van der Waals surface area contributed by atoms with Gasteiger partial charge in [0.15, 0.2) is 6.79 Å². The predicted octanol–water partition coefficient (Wildman–Crippen LogP) is 3.51. The van der Waals surface area contributed by atoms with Crippen molar-refractivity contribution in [2.24, 2.45) is 0 Å². The van der Waals surface area contributed by atoms with E-state index in [9.17, 15) is 4.79 Å². The van der Waals surface area contributed by atoms with Crippen LogP contribution in [0.15, 0.2) is 48.5 Å². The van der Waals surface area contributed by atoms with Crippen LogP contribution < -0.4 is 4.74 Å². The van der Waals surface area contributed by atoms with Crippen LogP contribution in [-0.2, 0) is 9.47 Å². The Kier molecular flexibility index (Phi) is 5.35. The number of esters is 1. The number of rotatable bonds is 6. The van der Waals surface area contributed by atoms with Crippen LogP contribution in [0.5, 0.6) is 5.75 Å². The number of hydrogen-bond acceptors (Lipinski definition) is 4. The van der Waals surface area contributed by atoms with Crippen LogP contribution in [0.25, 0.3) is 11.1 Å². The summed E-state index contributed by atoms with van der Waals surface area (Å²) in [6.07, 6.45) is 0. The van der Waals surface area contributed by atoms with Gasteiger partial charge in [-0.05, 0) is 30.7 Å². The van der Waals surface area contributed by atoms with Crippen molar-refractivity contribution >= 4 is 5.97 Å². The highest BCUT2D eigenvalue weighted by Crippen LogP contribution is 2.30. The Morgan fingerprint density at radius 3 is 2.43 bits per heavy atom. The summed E-state index contributed by atoms with van der Waals surface area (Å²) in [7, 11) is 1.58. The topological polar surface area (TPSA) is 44.8 Å². The van der Waals surface area contributed by atoms with Gasteiger partial charge >= 0.3 is 5.97 Å². The Labute approximate surface area is 124 Å². The van der Waals surface area contributed by atoms with Crippen molar-refractivity contribution in [1.29, 1.82) is 0 Å². The van der Waals surface area contributed by atoms with E-state index in [1.165, 1.54) is 0 Å². The second-order valence-corrected chi connectivity index (χ2v) is 4.34. The minimum Gasteiger partial charge on any atom is -0.467 e. The van der Waals surface area contributed by atoms with Gasteiger partial charge in [-0.25, -0.2) is 4.79 Å². The number of hydrogen-bond donors (Lipinski definition) is 0. The van der Waals surface area contributed by atoms with Gasteiger partial charge in [0, 0.05) is 12.7 Å². The Morgan fingerprint density at radius 1 is 1.05 bits per heavy atom. The highest BCUT2D eigenvalue weighted by Gasteiger charge is 2.09. The van der Waals surface area contributed by atoms with Crippen molar-refractivity contribution in [2.75, 3.05) is 20.5 Å². The Bertz CT molecular complexity index is 590. The van der Waals surface area contributed by atoms with Crippen LogP contribution in [-0.4, -0.2) is 26.5 Å². The summed E-state index contributed by atoms with van der Waals surface area (Å²) in [5.41, 5.74) is 2.45. The van der Waals surface area contributed by atoms with Crippen molar-refractivity contribution in [1.82, 2.24) is 0 Å². The normalized spacial score (nSPS) is 10.2. The first kappa shape index (κ1) is 15.1. The molecule has 0 amide bonds. The van der Waals surface area contributed by atoms with E-state index in [1.54, 1.807) is 26.2 Å². The Balaban J connectivity index is 2.24. The zero-order valence-electron chi connectivity index (χ0n) is 12.2. The molecule has 0 saturated carbocycles. The summed E-state index contributed by atoms with van der Waals surface area (Å²) in [6, 6.07) is 14.9. The molecule has 110 valence electrons. The minimum absolute atomic E-state index is 0.192. The summed E-state index contributed by atoms with van der Waals surface area (Å²) in [5, 5.41) is 0. The molecule has 2 aromatic rings. The molecular formula is C17H18O4. The minimum atomic E-state index is -0.312. The summed E-state index contributed by atoms with van der Waals surface area (Å²) in [5.74, 6) is 0.427. The number of para-hydroxylation sites is 1. The third-order valence-corrected chi connectivity index (χ3v) is 2.93. The maximum Gasteiger partial charge on any atom is 0.338 e. The van der Waals surface area contributed by atoms with Crippen LogP contribution in [0.3, 0.4) is 0 Å². The summed E-state index contributed by atoms with van der Waals surface area (Å²) in [4.78, 5) is 11.6. The van der Waals surface area contributed by atoms with Crippen molar-refractivity contribution in [3.8, 4) is 16.9 Å². The molecule has 2 aromatic carbocycles. The molecule has 21 heavy (non-hydrogen) atoms. The Hall–Kier alpha value is -2.33. The second kappa shape index (κ2) is 7.45. The molecule has 0 heterocycles. The first-order valence-electron chi connectivity index (χ1n) is 6.74. The quantitative estimate of drug-likeness (QED) is 0.602. The lowest BCUT2D eigenvalue weighted by atomic mass is 10.0. The van der Waals surface area contributed by atoms with Gasteiger partial charge in [0.05, 0.1) is 12.2 Å². The molecule has 0 unspecified atom stereocenters. The molecule has 0 bridgehead atoms. The van der Waals surface area contributed by atoms with E-state index in [1.807, 2.05) is 36.4 Å². The first-order chi connectivity index (χ1) is 10.3. The van der Waals surface area contributed by atoms with Crippen molar-refractivity contribution in [3.05, 3.63) is 54.1 Å². The lowest BCUT2D eigenvalue weighted by molar-refractivity contribution is 0.0514. The maximum absolute atomic E-state index is 11.6. The third-order valence-electron chi connectivity index (χ3n) is 2.93. The van der Waals surface area contributed by atoms with E-state index in [0.717, 1.165) is 16.9 Å². The monoisotopic (exact) mass is 286 g/mol. The fraction of sp³-hybridized carbons (Fsp3) is 0.235. The van der Waals surface area contributed by atoms with Crippen LogP contribution in [0.1, 0.15) is 17.3 Å². The molecule has 4 nitrogen and oxygen atoms in total. The third kappa shape index (κ3) is 3.83. The van der Waals surface area contributed by atoms with E-state index in [0.29, 0.717) is 12.2 Å². The van der Waals surface area contributed by atoms with E-state index in [2.05, 4.69) is 0 Å². The van der Waals surface area contributed by atoms with E-state index >= 15 is 0 Å². The molecule has 0 fully saturated rings. The lowest BCUT2D eigenvalue weighted by Crippen LogP contribution is -2.04. The van der Waals surface area contributed by atoms with Gasteiger partial charge in [-0.15, -0.1) is 0 Å². The SMILES string of the molecule is CCOC(=O)c1ccc(-c2ccccc2OCOC)cc1. The molecule has 4 heteroatoms. The molecule has 0 radical (unpaired) electrons. The van der Waals surface area contributed by atoms with Crippen LogP contribution in [0.4, 0.5) is 0 Å². The summed E-state index contributed by atoms with van der Waals surface area (Å²) < 4.78 is 15.4. The molecule has 2 rings (SSSR count). The molecular weight excluding hydrogens is 268 g/mol. The molecule has 0 N–H and O–H groups in total. The van der Waals surface area contributed by atoms with Gasteiger partial charge in [0.2, 0.25) is 0 Å². The fourth-order valence-corrected chi connectivity index (χ4v) is 1.95. The molecule has 0 aliphatic rings. The Morgan fingerprint density at radius 2 is 1.76 bits per heavy atom. The largest absolute Gasteiger partial charge is 0.467 e. The lowest BCUT2D eigenvalue weighted by Gasteiger charge is -2.11. The van der Waals surface area contributed by atoms with Crippen molar-refractivity contribution in [2.45, 2.75) is 6.92 Å². The predicted molar refractivity (Wildman–Crippen MR) is 80.3 cm³/mol. The smallest absolute Gasteiger partial charge is 0.338 e. The number of benzene rings is 2. The average molecular weight is 286 g/mol. The van der Waals surface area contributed by atoms with Crippen molar-refractivity contribution in [3.63, 3.8) is 0 Å². The summed E-state index contributed by atoms with van der Waals surface area (Å²) in [6.45, 7) is 2.35. The highest BCUT2D eigenvalue weighted by molar-refractivity contribution is 5.90. The van der Waals surface area contributed by atoms with E-state index in [4.69, 9.17) is 14.2 Å². The standard InChI is InChI=1S/C17H18O4/c1-3-20-17(18)14-10-8-13(9-11-14)15-6-4-5-7-16(15)21-12-19-2/h4-11H,3,12H2,1-2H3. The molecule has 0 aliphatic carbocycles. The highest BCUT2D eigenvalue weighted by atomic mass is 16.7. The first-order valence-corrected chi connectivity index (χ1v) is 6.74. The number of methoxy groups -OCH3 is 1. The van der Waals surface area contributed by atoms with Crippen LogP contribution >= 0.6 is 0 Å². The van der Waals surface area contributed by atoms with Gasteiger partial charge in [0.1, 0.15) is 5.75 Å². The fourth-order valence-electron chi connectivity index (χ4n) is 1.95. The molecule has 0 atom stereocenters. The number of carbonyl (C=O) groups is 1. The molecule has 0 aromatic heterocycles. The molecule has 0 aliphatic heterocycles. The van der Waals surface area contributed by atoms with Gasteiger partial charge in [-0.3, -0.25) is 0 Å². The average Bonchev–Trinajstić information content (AvgIpc) is 2.53. The maximum atomic E-state index is 11.6. The molecule has 0 saturated heterocycles. The molecule has 0 spiro atoms. The van der Waals surface area contributed by atoms with Gasteiger partial charge in [-0.1, -0.05) is 30.3 Å². The van der Waals surface area contributed by atoms with Crippen molar-refractivity contribution < 1.29 is 19.0 Å². The van der Waals surface area contributed by atoms with Crippen LogP contribution in [0.2, 0.25) is 0 Å². The van der Waals surface area contributed by atoms with Crippen LogP contribution in [0, 0.1) is 0 Å². The zero-order valence-corrected chi connectivity index (χ0v) is 12.2. The number of ether oxygens (including phenoxy) is 3.